The van der Waals surface area contributed by atoms with Gasteiger partial charge in [-0.2, -0.15) is 5.10 Å². The van der Waals surface area contributed by atoms with Crippen LogP contribution in [0.15, 0.2) is 17.1 Å². The van der Waals surface area contributed by atoms with Crippen molar-refractivity contribution in [1.82, 2.24) is 25.5 Å². The number of piperidine rings is 1. The Morgan fingerprint density at radius 2 is 2.24 bits per heavy atom. The highest BCUT2D eigenvalue weighted by Crippen LogP contribution is 2.49. The summed E-state index contributed by atoms with van der Waals surface area (Å²) in [5, 5.41) is 9.63. The predicted octanol–water partition coefficient (Wildman–Crippen LogP) is 2.53. The second-order valence-corrected chi connectivity index (χ2v) is 7.85. The van der Waals surface area contributed by atoms with Gasteiger partial charge in [-0.1, -0.05) is 0 Å². The molecule has 6 nitrogen and oxygen atoms in total. The van der Waals surface area contributed by atoms with E-state index >= 15 is 4.39 Å². The van der Waals surface area contributed by atoms with E-state index in [0.29, 0.717) is 23.1 Å². The Morgan fingerprint density at radius 1 is 1.40 bits per heavy atom. The third-order valence-electron chi connectivity index (χ3n) is 5.23. The van der Waals surface area contributed by atoms with Crippen molar-refractivity contribution < 1.29 is 8.78 Å². The molecule has 3 N–H and O–H groups in total. The first kappa shape index (κ1) is 15.2. The first-order valence-electron chi connectivity index (χ1n) is 8.11. The lowest BCUT2D eigenvalue weighted by Gasteiger charge is -2.31. The molecular formula is C16H15F2N5OS. The summed E-state index contributed by atoms with van der Waals surface area (Å²) < 4.78 is 29.9. The molecule has 1 aliphatic carbocycles. The number of thiophene rings is 1. The molecule has 3 aromatic rings. The molecule has 3 aromatic heterocycles. The molecule has 0 aromatic carbocycles. The molecule has 2 bridgehead atoms. The molecule has 130 valence electrons. The zero-order valence-corrected chi connectivity index (χ0v) is 14.1. The monoisotopic (exact) mass is 363 g/mol. The fourth-order valence-corrected chi connectivity index (χ4v) is 5.07. The molecule has 2 fully saturated rings. The summed E-state index contributed by atoms with van der Waals surface area (Å²) in [7, 11) is 0. The van der Waals surface area contributed by atoms with Crippen molar-refractivity contribution in [3.05, 3.63) is 34.1 Å². The smallest absolute Gasteiger partial charge is 0.269 e. The van der Waals surface area contributed by atoms with Gasteiger partial charge in [-0.3, -0.25) is 15.2 Å². The summed E-state index contributed by atoms with van der Waals surface area (Å²) in [4.78, 5) is 20.1. The van der Waals surface area contributed by atoms with E-state index in [4.69, 9.17) is 0 Å². The second kappa shape index (κ2) is 4.95. The predicted molar refractivity (Wildman–Crippen MR) is 89.9 cm³/mol. The van der Waals surface area contributed by atoms with E-state index in [1.165, 1.54) is 11.3 Å². The standard InChI is InChI=1S/C16H15F2N5OS/c1-6-8(5-19-23-6)12-4-11-13(25-12)14(24)21-15(20-11)16(18)9-2-7(22-16)3-10(9)17/h4-5,7,9-10,22H,2-3H2,1H3,(H,19,23)(H,20,21,24)/t7?,9?,10-,16+/m1/s1. The molecule has 9 heteroatoms. The van der Waals surface area contributed by atoms with E-state index in [0.717, 1.165) is 16.1 Å². The topological polar surface area (TPSA) is 86.5 Å². The first-order valence-corrected chi connectivity index (χ1v) is 8.92. The van der Waals surface area contributed by atoms with E-state index in [9.17, 15) is 9.18 Å². The highest BCUT2D eigenvalue weighted by Gasteiger charge is 2.59. The van der Waals surface area contributed by atoms with Crippen LogP contribution in [0.4, 0.5) is 8.78 Å². The quantitative estimate of drug-likeness (QED) is 0.611. The van der Waals surface area contributed by atoms with Gasteiger partial charge in [0.05, 0.1) is 11.7 Å². The fraction of sp³-hybridized carbons (Fsp3) is 0.438. The van der Waals surface area contributed by atoms with Gasteiger partial charge in [-0.05, 0) is 25.8 Å². The Bertz CT molecular complexity index is 1040. The molecule has 4 atom stereocenters. The Hall–Kier alpha value is -2.13. The number of fused-ring (bicyclic) bond motifs is 3. The molecule has 0 amide bonds. The highest BCUT2D eigenvalue weighted by atomic mass is 32.1. The van der Waals surface area contributed by atoms with Crippen LogP contribution in [-0.4, -0.2) is 32.4 Å². The Kier molecular flexibility index (Phi) is 3.00. The third-order valence-corrected chi connectivity index (χ3v) is 6.39. The molecule has 5 rings (SSSR count). The van der Waals surface area contributed by atoms with Crippen molar-refractivity contribution >= 4 is 21.6 Å². The van der Waals surface area contributed by atoms with Gasteiger partial charge in [-0.25, -0.2) is 13.8 Å². The summed E-state index contributed by atoms with van der Waals surface area (Å²) in [5.74, 6) is -3.07. The number of halogens is 2. The van der Waals surface area contributed by atoms with Crippen molar-refractivity contribution in [2.24, 2.45) is 5.92 Å². The number of hydrogen-bond donors (Lipinski definition) is 3. The van der Waals surface area contributed by atoms with Gasteiger partial charge in [-0.15, -0.1) is 11.3 Å². The number of aromatic nitrogens is 4. The van der Waals surface area contributed by atoms with Crippen molar-refractivity contribution in [2.75, 3.05) is 0 Å². The molecule has 0 radical (unpaired) electrons. The molecule has 4 heterocycles. The number of hydrogen-bond acceptors (Lipinski definition) is 5. The van der Waals surface area contributed by atoms with Crippen molar-refractivity contribution in [3.63, 3.8) is 0 Å². The maximum Gasteiger partial charge on any atom is 0.269 e. The molecular weight excluding hydrogens is 348 g/mol. The zero-order chi connectivity index (χ0) is 17.3. The zero-order valence-electron chi connectivity index (χ0n) is 13.3. The minimum absolute atomic E-state index is 0.131. The molecule has 2 aliphatic rings. The van der Waals surface area contributed by atoms with Crippen LogP contribution in [0.5, 0.6) is 0 Å². The molecule has 1 saturated carbocycles. The molecule has 25 heavy (non-hydrogen) atoms. The van der Waals surface area contributed by atoms with Crippen LogP contribution in [0.1, 0.15) is 24.4 Å². The summed E-state index contributed by atoms with van der Waals surface area (Å²) in [6.07, 6.45) is 1.19. The van der Waals surface area contributed by atoms with Crippen LogP contribution in [0, 0.1) is 12.8 Å². The van der Waals surface area contributed by atoms with Crippen LogP contribution in [-0.2, 0) is 5.79 Å². The Labute approximate surface area is 144 Å². The summed E-state index contributed by atoms with van der Waals surface area (Å²) >= 11 is 1.28. The van der Waals surface area contributed by atoms with Crippen LogP contribution in [0.2, 0.25) is 0 Å². The third kappa shape index (κ3) is 2.05. The van der Waals surface area contributed by atoms with Crippen LogP contribution in [0.25, 0.3) is 20.7 Å². The van der Waals surface area contributed by atoms with Gasteiger partial charge in [0.2, 0.25) is 5.79 Å². The van der Waals surface area contributed by atoms with Crippen LogP contribution in [0.3, 0.4) is 0 Å². The van der Waals surface area contributed by atoms with Gasteiger partial charge in [0.25, 0.3) is 5.56 Å². The van der Waals surface area contributed by atoms with E-state index in [-0.39, 0.29) is 11.9 Å². The van der Waals surface area contributed by atoms with Crippen molar-refractivity contribution in [3.8, 4) is 10.4 Å². The lowest BCUT2D eigenvalue weighted by Crippen LogP contribution is -2.49. The maximum absolute atomic E-state index is 15.4. The number of nitrogens with zero attached hydrogens (tertiary/aromatic N) is 2. The minimum Gasteiger partial charge on any atom is -0.305 e. The number of aromatic amines is 2. The van der Waals surface area contributed by atoms with Gasteiger partial charge >= 0.3 is 0 Å². The van der Waals surface area contributed by atoms with E-state index in [1.807, 2.05) is 6.92 Å². The van der Waals surface area contributed by atoms with Crippen LogP contribution < -0.4 is 10.9 Å². The minimum atomic E-state index is -2.12. The first-order chi connectivity index (χ1) is 12.0. The van der Waals surface area contributed by atoms with E-state index < -0.39 is 23.4 Å². The number of aryl methyl sites for hydroxylation is 1. The lowest BCUT2D eigenvalue weighted by molar-refractivity contribution is 0.00408. The average molecular weight is 363 g/mol. The summed E-state index contributed by atoms with van der Waals surface area (Å²) in [6.45, 7) is 1.88. The van der Waals surface area contributed by atoms with Crippen LogP contribution >= 0.6 is 11.3 Å². The molecule has 1 saturated heterocycles. The highest BCUT2D eigenvalue weighted by molar-refractivity contribution is 7.22. The van der Waals surface area contributed by atoms with Gasteiger partial charge in [0.1, 0.15) is 10.9 Å². The van der Waals surface area contributed by atoms with Gasteiger partial charge < -0.3 is 4.98 Å². The van der Waals surface area contributed by atoms with Gasteiger partial charge in [0, 0.05) is 28.1 Å². The van der Waals surface area contributed by atoms with E-state index in [1.54, 1.807) is 12.3 Å². The summed E-state index contributed by atoms with van der Waals surface area (Å²) in [6, 6.07) is 1.54. The van der Waals surface area contributed by atoms with Crippen molar-refractivity contribution in [2.45, 2.75) is 37.8 Å². The number of nitrogens with one attached hydrogen (secondary N) is 3. The SMILES string of the molecule is Cc1[nH]ncc1-c1cc2nc([C@@]3(F)NC4CC3[C@H](F)C4)[nH]c(=O)c2s1. The molecule has 0 spiro atoms. The number of alkyl halides is 2. The number of rotatable bonds is 2. The Morgan fingerprint density at radius 3 is 2.92 bits per heavy atom. The van der Waals surface area contributed by atoms with E-state index in [2.05, 4.69) is 25.5 Å². The average Bonchev–Trinajstić information content (AvgIpc) is 3.29. The maximum atomic E-state index is 15.4. The Balaban J connectivity index is 1.65. The summed E-state index contributed by atoms with van der Waals surface area (Å²) in [5.41, 5.74) is 1.76. The lowest BCUT2D eigenvalue weighted by atomic mass is 9.95. The molecule has 2 unspecified atom stereocenters. The fourth-order valence-electron chi connectivity index (χ4n) is 4.01. The second-order valence-electron chi connectivity index (χ2n) is 6.80. The van der Waals surface area contributed by atoms with Crippen molar-refractivity contribution in [1.29, 1.82) is 0 Å². The number of H-pyrrole nitrogens is 2. The molecule has 1 aliphatic heterocycles. The largest absolute Gasteiger partial charge is 0.305 e. The normalized spacial score (nSPS) is 31.2. The van der Waals surface area contributed by atoms with Gasteiger partial charge in [0.15, 0.2) is 5.82 Å².